The molecule has 1 aromatic heterocycles. The van der Waals surface area contributed by atoms with Gasteiger partial charge in [0, 0.05) is 18.0 Å². The van der Waals surface area contributed by atoms with Gasteiger partial charge in [0.05, 0.1) is 11.2 Å². The molecule has 0 unspecified atom stereocenters. The highest BCUT2D eigenvalue weighted by atomic mass is 19.1. The Hall–Kier alpha value is -2.82. The van der Waals surface area contributed by atoms with Crippen LogP contribution in [0.1, 0.15) is 10.4 Å². The highest BCUT2D eigenvalue weighted by molar-refractivity contribution is 6.07. The van der Waals surface area contributed by atoms with Crippen LogP contribution in [0, 0.1) is 5.82 Å². The molecule has 0 saturated heterocycles. The molecular weight excluding hydrogens is 257 g/mol. The van der Waals surface area contributed by atoms with Crippen LogP contribution in [0.25, 0.3) is 11.0 Å². The fourth-order valence-corrected chi connectivity index (χ4v) is 1.92. The average Bonchev–Trinajstić information content (AvgIpc) is 2.47. The highest BCUT2D eigenvalue weighted by Gasteiger charge is 2.09. The third-order valence-corrected chi connectivity index (χ3v) is 2.83. The van der Waals surface area contributed by atoms with Gasteiger partial charge in [0.2, 0.25) is 0 Å². The fourth-order valence-electron chi connectivity index (χ4n) is 1.92. The van der Waals surface area contributed by atoms with Crippen LogP contribution >= 0.6 is 0 Å². The van der Waals surface area contributed by atoms with E-state index in [1.54, 1.807) is 36.7 Å². The molecule has 20 heavy (non-hydrogen) atoms. The van der Waals surface area contributed by atoms with E-state index in [9.17, 15) is 9.18 Å². The second-order valence-electron chi connectivity index (χ2n) is 4.19. The number of benzene rings is 2. The molecule has 4 nitrogen and oxygen atoms in total. The molecule has 1 N–H and O–H groups in total. The Bertz CT molecular complexity index is 783. The summed E-state index contributed by atoms with van der Waals surface area (Å²) < 4.78 is 13.1. The molecule has 0 aliphatic carbocycles. The van der Waals surface area contributed by atoms with Gasteiger partial charge in [-0.3, -0.25) is 14.8 Å². The number of carbonyl (C=O) groups excluding carboxylic acids is 1. The van der Waals surface area contributed by atoms with Gasteiger partial charge < -0.3 is 5.32 Å². The molecule has 0 spiro atoms. The minimum atomic E-state index is -0.449. The maximum absolute atomic E-state index is 13.1. The number of aromatic nitrogens is 2. The van der Waals surface area contributed by atoms with Crippen molar-refractivity contribution in [2.75, 3.05) is 5.32 Å². The lowest BCUT2D eigenvalue weighted by Crippen LogP contribution is -2.12. The summed E-state index contributed by atoms with van der Waals surface area (Å²) in [5.74, 6) is -0.835. The molecule has 98 valence electrons. The molecule has 1 amide bonds. The highest BCUT2D eigenvalue weighted by Crippen LogP contribution is 2.19. The first kappa shape index (κ1) is 12.2. The Morgan fingerprint density at radius 3 is 2.70 bits per heavy atom. The zero-order valence-electron chi connectivity index (χ0n) is 10.4. The van der Waals surface area contributed by atoms with Crippen LogP contribution in [0.2, 0.25) is 0 Å². The number of halogens is 1. The minimum Gasteiger partial charge on any atom is -0.320 e. The molecule has 0 aliphatic rings. The van der Waals surface area contributed by atoms with Crippen molar-refractivity contribution < 1.29 is 9.18 Å². The van der Waals surface area contributed by atoms with E-state index < -0.39 is 5.82 Å². The van der Waals surface area contributed by atoms with Crippen molar-refractivity contribution in [2.45, 2.75) is 0 Å². The number of hydrogen-bond donors (Lipinski definition) is 1. The summed E-state index contributed by atoms with van der Waals surface area (Å²) in [7, 11) is 0. The van der Waals surface area contributed by atoms with E-state index >= 15 is 0 Å². The summed E-state index contributed by atoms with van der Waals surface area (Å²) in [5, 5.41) is 2.72. The molecule has 0 fully saturated rings. The number of nitrogens with one attached hydrogen (secondary N) is 1. The minimum absolute atomic E-state index is 0.255. The molecular formula is C15H10FN3O. The van der Waals surface area contributed by atoms with E-state index in [0.717, 1.165) is 0 Å². The van der Waals surface area contributed by atoms with Gasteiger partial charge in [0.1, 0.15) is 11.3 Å². The summed E-state index contributed by atoms with van der Waals surface area (Å²) in [6, 6.07) is 10.8. The van der Waals surface area contributed by atoms with Gasteiger partial charge in [-0.15, -0.1) is 0 Å². The third kappa shape index (κ3) is 2.33. The summed E-state index contributed by atoms with van der Waals surface area (Å²) in [4.78, 5) is 20.4. The van der Waals surface area contributed by atoms with E-state index in [4.69, 9.17) is 0 Å². The molecule has 1 heterocycles. The average molecular weight is 267 g/mol. The molecule has 5 heteroatoms. The number of nitrogens with zero attached hydrogens (tertiary/aromatic N) is 2. The lowest BCUT2D eigenvalue weighted by Gasteiger charge is -2.07. The van der Waals surface area contributed by atoms with E-state index in [0.29, 0.717) is 16.7 Å². The molecule has 2 aromatic carbocycles. The van der Waals surface area contributed by atoms with Gasteiger partial charge in [-0.05, 0) is 30.3 Å². The second-order valence-corrected chi connectivity index (χ2v) is 4.19. The summed E-state index contributed by atoms with van der Waals surface area (Å²) in [6.45, 7) is 0. The number of hydrogen-bond acceptors (Lipinski definition) is 3. The van der Waals surface area contributed by atoms with Gasteiger partial charge in [0.15, 0.2) is 0 Å². The Kier molecular flexibility index (Phi) is 3.09. The lowest BCUT2D eigenvalue weighted by molar-refractivity contribution is 0.102. The first-order valence-electron chi connectivity index (χ1n) is 6.01. The third-order valence-electron chi connectivity index (χ3n) is 2.83. The number of anilines is 1. The molecule has 0 atom stereocenters. The van der Waals surface area contributed by atoms with Gasteiger partial charge in [-0.25, -0.2) is 4.39 Å². The van der Waals surface area contributed by atoms with Crippen molar-refractivity contribution in [3.8, 4) is 0 Å². The van der Waals surface area contributed by atoms with Crippen molar-refractivity contribution in [1.29, 1.82) is 0 Å². The van der Waals surface area contributed by atoms with Crippen LogP contribution in [0.15, 0.2) is 54.9 Å². The van der Waals surface area contributed by atoms with Gasteiger partial charge in [-0.1, -0.05) is 12.1 Å². The maximum Gasteiger partial charge on any atom is 0.255 e. The summed E-state index contributed by atoms with van der Waals surface area (Å²) in [6.07, 6.45) is 3.14. The molecule has 3 aromatic rings. The molecule has 0 aliphatic heterocycles. The Balaban J connectivity index is 1.95. The number of para-hydroxylation sites is 1. The monoisotopic (exact) mass is 267 g/mol. The van der Waals surface area contributed by atoms with Crippen LogP contribution in [0.3, 0.4) is 0 Å². The summed E-state index contributed by atoms with van der Waals surface area (Å²) in [5.41, 5.74) is 2.08. The summed E-state index contributed by atoms with van der Waals surface area (Å²) >= 11 is 0. The first-order valence-corrected chi connectivity index (χ1v) is 6.01. The zero-order valence-corrected chi connectivity index (χ0v) is 10.4. The number of fused-ring (bicyclic) bond motifs is 1. The lowest BCUT2D eigenvalue weighted by atomic mass is 10.2. The predicted molar refractivity (Wildman–Crippen MR) is 73.9 cm³/mol. The second kappa shape index (κ2) is 5.05. The van der Waals surface area contributed by atoms with Gasteiger partial charge in [0.25, 0.3) is 5.91 Å². The van der Waals surface area contributed by atoms with Crippen LogP contribution in [0.4, 0.5) is 10.1 Å². The van der Waals surface area contributed by atoms with Crippen molar-refractivity contribution in [3.05, 3.63) is 66.2 Å². The van der Waals surface area contributed by atoms with Crippen LogP contribution in [-0.4, -0.2) is 15.9 Å². The largest absolute Gasteiger partial charge is 0.320 e. The van der Waals surface area contributed by atoms with Crippen LogP contribution < -0.4 is 5.32 Å². The Morgan fingerprint density at radius 2 is 1.85 bits per heavy atom. The Labute approximate surface area is 114 Å². The zero-order chi connectivity index (χ0) is 13.9. The van der Waals surface area contributed by atoms with E-state index in [1.807, 2.05) is 0 Å². The van der Waals surface area contributed by atoms with Crippen molar-refractivity contribution in [3.63, 3.8) is 0 Å². The first-order chi connectivity index (χ1) is 9.74. The van der Waals surface area contributed by atoms with Crippen molar-refractivity contribution in [2.24, 2.45) is 0 Å². The van der Waals surface area contributed by atoms with Crippen LogP contribution in [0.5, 0.6) is 0 Å². The number of rotatable bonds is 2. The van der Waals surface area contributed by atoms with E-state index in [2.05, 4.69) is 15.3 Å². The normalized spacial score (nSPS) is 10.4. The standard InChI is InChI=1S/C15H10FN3O/c16-11-4-1-3-10(9-11)15(20)19-13-6-2-5-12-14(13)18-8-7-17-12/h1-9H,(H,19,20). The fraction of sp³-hybridized carbons (Fsp3) is 0. The maximum atomic E-state index is 13.1. The smallest absolute Gasteiger partial charge is 0.255 e. The van der Waals surface area contributed by atoms with Gasteiger partial charge in [-0.2, -0.15) is 0 Å². The molecule has 0 radical (unpaired) electrons. The molecule has 0 bridgehead atoms. The van der Waals surface area contributed by atoms with Crippen LogP contribution in [-0.2, 0) is 0 Å². The SMILES string of the molecule is O=C(Nc1cccc2nccnc12)c1cccc(F)c1. The topological polar surface area (TPSA) is 54.9 Å². The molecule has 3 rings (SSSR count). The van der Waals surface area contributed by atoms with Crippen molar-refractivity contribution in [1.82, 2.24) is 9.97 Å². The van der Waals surface area contributed by atoms with Crippen molar-refractivity contribution >= 4 is 22.6 Å². The van der Waals surface area contributed by atoms with E-state index in [-0.39, 0.29) is 11.5 Å². The molecule has 0 saturated carbocycles. The quantitative estimate of drug-likeness (QED) is 0.776. The number of amides is 1. The Morgan fingerprint density at radius 1 is 1.05 bits per heavy atom. The predicted octanol–water partition coefficient (Wildman–Crippen LogP) is 3.02. The van der Waals surface area contributed by atoms with E-state index in [1.165, 1.54) is 18.2 Å². The number of carbonyl (C=O) groups is 1. The van der Waals surface area contributed by atoms with Gasteiger partial charge >= 0.3 is 0 Å².